The molecule has 0 saturated carbocycles. The van der Waals surface area contributed by atoms with E-state index in [2.05, 4.69) is 30.1 Å². The quantitative estimate of drug-likeness (QED) is 0.796. The highest BCUT2D eigenvalue weighted by Gasteiger charge is 2.21. The van der Waals surface area contributed by atoms with Crippen molar-refractivity contribution in [1.29, 1.82) is 0 Å². The van der Waals surface area contributed by atoms with Gasteiger partial charge < -0.3 is 9.64 Å². The maximum atomic E-state index is 6.07. The lowest BCUT2D eigenvalue weighted by atomic mass is 9.89. The Hall–Kier alpha value is -1.51. The maximum absolute atomic E-state index is 6.07. The third-order valence-electron chi connectivity index (χ3n) is 4.10. The van der Waals surface area contributed by atoms with Crippen molar-refractivity contribution in [3.05, 3.63) is 59.1 Å². The van der Waals surface area contributed by atoms with Crippen molar-refractivity contribution in [3.8, 4) is 11.5 Å². The molecule has 2 aromatic carbocycles. The van der Waals surface area contributed by atoms with Gasteiger partial charge in [0.1, 0.15) is 11.5 Å². The van der Waals surface area contributed by atoms with E-state index in [0.717, 1.165) is 24.6 Å². The SMILES string of the molecule is CN1CCC(c2ccccc2Oc2cccc(Cl)c2)CC1. The summed E-state index contributed by atoms with van der Waals surface area (Å²) in [6.45, 7) is 2.30. The second-order valence-corrected chi connectivity index (χ2v) is 6.11. The summed E-state index contributed by atoms with van der Waals surface area (Å²) in [6.07, 6.45) is 2.37. The van der Waals surface area contributed by atoms with Crippen molar-refractivity contribution in [1.82, 2.24) is 4.90 Å². The number of para-hydroxylation sites is 1. The van der Waals surface area contributed by atoms with E-state index in [4.69, 9.17) is 16.3 Å². The van der Waals surface area contributed by atoms with Crippen molar-refractivity contribution >= 4 is 11.6 Å². The summed E-state index contributed by atoms with van der Waals surface area (Å²) >= 11 is 6.03. The highest BCUT2D eigenvalue weighted by Crippen LogP contribution is 2.36. The molecule has 3 heteroatoms. The third kappa shape index (κ3) is 3.58. The number of nitrogens with zero attached hydrogens (tertiary/aromatic N) is 1. The van der Waals surface area contributed by atoms with Crippen LogP contribution < -0.4 is 4.74 Å². The fourth-order valence-electron chi connectivity index (χ4n) is 2.89. The number of ether oxygens (including phenoxy) is 1. The number of hydrogen-bond acceptors (Lipinski definition) is 2. The normalized spacial score (nSPS) is 16.9. The first kappa shape index (κ1) is 14.4. The van der Waals surface area contributed by atoms with E-state index in [0.29, 0.717) is 10.9 Å². The number of benzene rings is 2. The van der Waals surface area contributed by atoms with E-state index >= 15 is 0 Å². The molecule has 0 atom stereocenters. The molecule has 2 aromatic rings. The van der Waals surface area contributed by atoms with Gasteiger partial charge in [-0.05, 0) is 68.7 Å². The van der Waals surface area contributed by atoms with Crippen molar-refractivity contribution in [2.24, 2.45) is 0 Å². The highest BCUT2D eigenvalue weighted by molar-refractivity contribution is 6.30. The summed E-state index contributed by atoms with van der Waals surface area (Å²) in [7, 11) is 2.19. The van der Waals surface area contributed by atoms with Gasteiger partial charge in [0.2, 0.25) is 0 Å². The number of likely N-dealkylation sites (tertiary alicyclic amines) is 1. The molecule has 2 nitrogen and oxygen atoms in total. The smallest absolute Gasteiger partial charge is 0.130 e. The van der Waals surface area contributed by atoms with Gasteiger partial charge in [-0.15, -0.1) is 0 Å². The van der Waals surface area contributed by atoms with Crippen molar-refractivity contribution in [3.63, 3.8) is 0 Å². The second-order valence-electron chi connectivity index (χ2n) is 5.67. The Morgan fingerprint density at radius 3 is 2.57 bits per heavy atom. The number of hydrogen-bond donors (Lipinski definition) is 0. The van der Waals surface area contributed by atoms with E-state index < -0.39 is 0 Å². The Morgan fingerprint density at radius 2 is 1.81 bits per heavy atom. The van der Waals surface area contributed by atoms with Gasteiger partial charge in [-0.3, -0.25) is 0 Å². The van der Waals surface area contributed by atoms with E-state index in [1.165, 1.54) is 18.4 Å². The number of halogens is 1. The van der Waals surface area contributed by atoms with Crippen LogP contribution in [0.3, 0.4) is 0 Å². The Labute approximate surface area is 131 Å². The van der Waals surface area contributed by atoms with E-state index in [1.807, 2.05) is 30.3 Å². The minimum Gasteiger partial charge on any atom is -0.457 e. The monoisotopic (exact) mass is 301 g/mol. The van der Waals surface area contributed by atoms with Crippen LogP contribution in [-0.2, 0) is 0 Å². The predicted octanol–water partition coefficient (Wildman–Crippen LogP) is 4.94. The Morgan fingerprint density at radius 1 is 1.05 bits per heavy atom. The molecule has 1 heterocycles. The van der Waals surface area contributed by atoms with E-state index in [9.17, 15) is 0 Å². The molecule has 0 spiro atoms. The van der Waals surface area contributed by atoms with Crippen LogP contribution in [0, 0.1) is 0 Å². The molecule has 1 aliphatic heterocycles. The molecule has 1 aliphatic rings. The molecule has 0 unspecified atom stereocenters. The fraction of sp³-hybridized carbons (Fsp3) is 0.333. The van der Waals surface area contributed by atoms with Crippen molar-refractivity contribution in [2.45, 2.75) is 18.8 Å². The molecule has 0 aromatic heterocycles. The summed E-state index contributed by atoms with van der Waals surface area (Å²) in [5.41, 5.74) is 1.31. The molecule has 1 fully saturated rings. The van der Waals surface area contributed by atoms with Crippen LogP contribution in [-0.4, -0.2) is 25.0 Å². The van der Waals surface area contributed by atoms with Gasteiger partial charge in [0.05, 0.1) is 0 Å². The molecular weight excluding hydrogens is 282 g/mol. The maximum Gasteiger partial charge on any atom is 0.130 e. The summed E-state index contributed by atoms with van der Waals surface area (Å²) in [5.74, 6) is 2.33. The molecule has 110 valence electrons. The number of rotatable bonds is 3. The molecule has 21 heavy (non-hydrogen) atoms. The summed E-state index contributed by atoms with van der Waals surface area (Å²) in [6, 6.07) is 15.9. The van der Waals surface area contributed by atoms with Crippen LogP contribution in [0.4, 0.5) is 0 Å². The molecular formula is C18H20ClNO. The van der Waals surface area contributed by atoms with Crippen LogP contribution in [0.5, 0.6) is 11.5 Å². The van der Waals surface area contributed by atoms with Crippen molar-refractivity contribution < 1.29 is 4.74 Å². The van der Waals surface area contributed by atoms with Crippen molar-refractivity contribution in [2.75, 3.05) is 20.1 Å². The Balaban J connectivity index is 1.82. The average molecular weight is 302 g/mol. The lowest BCUT2D eigenvalue weighted by Gasteiger charge is -2.30. The largest absolute Gasteiger partial charge is 0.457 e. The van der Waals surface area contributed by atoms with Gasteiger partial charge in [-0.1, -0.05) is 35.9 Å². The summed E-state index contributed by atoms with van der Waals surface area (Å²) in [4.78, 5) is 2.39. The lowest BCUT2D eigenvalue weighted by Crippen LogP contribution is -2.29. The predicted molar refractivity (Wildman–Crippen MR) is 87.4 cm³/mol. The van der Waals surface area contributed by atoms with E-state index in [1.54, 1.807) is 0 Å². The van der Waals surface area contributed by atoms with Gasteiger partial charge >= 0.3 is 0 Å². The first-order valence-electron chi connectivity index (χ1n) is 7.43. The number of piperidine rings is 1. The first-order chi connectivity index (χ1) is 10.2. The van der Waals surface area contributed by atoms with Crippen LogP contribution in [0.1, 0.15) is 24.3 Å². The first-order valence-corrected chi connectivity index (χ1v) is 7.81. The molecule has 0 radical (unpaired) electrons. The van der Waals surface area contributed by atoms with Crippen LogP contribution in [0.25, 0.3) is 0 Å². The summed E-state index contributed by atoms with van der Waals surface area (Å²) < 4.78 is 6.07. The van der Waals surface area contributed by atoms with Gasteiger partial charge in [0, 0.05) is 5.02 Å². The third-order valence-corrected chi connectivity index (χ3v) is 4.34. The molecule has 0 aliphatic carbocycles. The topological polar surface area (TPSA) is 12.5 Å². The molecule has 0 N–H and O–H groups in total. The van der Waals surface area contributed by atoms with Crippen LogP contribution in [0.15, 0.2) is 48.5 Å². The minimum atomic E-state index is 0.580. The Kier molecular flexibility index (Phi) is 4.47. The van der Waals surface area contributed by atoms with E-state index in [-0.39, 0.29) is 0 Å². The standard InChI is InChI=1S/C18H20ClNO/c1-20-11-9-14(10-12-20)17-7-2-3-8-18(17)21-16-6-4-5-15(19)13-16/h2-8,13-14H,9-12H2,1H3. The van der Waals surface area contributed by atoms with Crippen LogP contribution in [0.2, 0.25) is 5.02 Å². The lowest BCUT2D eigenvalue weighted by molar-refractivity contribution is 0.253. The van der Waals surface area contributed by atoms with Gasteiger partial charge in [-0.25, -0.2) is 0 Å². The Bertz CT molecular complexity index is 606. The zero-order valence-corrected chi connectivity index (χ0v) is 13.0. The molecule has 1 saturated heterocycles. The zero-order valence-electron chi connectivity index (χ0n) is 12.3. The second kappa shape index (κ2) is 6.50. The van der Waals surface area contributed by atoms with Gasteiger partial charge in [-0.2, -0.15) is 0 Å². The van der Waals surface area contributed by atoms with Crippen LogP contribution >= 0.6 is 11.6 Å². The average Bonchev–Trinajstić information content (AvgIpc) is 2.49. The molecule has 0 amide bonds. The molecule has 3 rings (SSSR count). The minimum absolute atomic E-state index is 0.580. The highest BCUT2D eigenvalue weighted by atomic mass is 35.5. The molecule has 0 bridgehead atoms. The van der Waals surface area contributed by atoms with Gasteiger partial charge in [0.15, 0.2) is 0 Å². The summed E-state index contributed by atoms with van der Waals surface area (Å²) in [5, 5.41) is 0.698. The fourth-order valence-corrected chi connectivity index (χ4v) is 3.07. The zero-order chi connectivity index (χ0) is 14.7. The van der Waals surface area contributed by atoms with Gasteiger partial charge in [0.25, 0.3) is 0 Å².